The molecular formula is C21H21ClN2O3. The summed E-state index contributed by atoms with van der Waals surface area (Å²) < 4.78 is 10.8. The van der Waals surface area contributed by atoms with Crippen molar-refractivity contribution in [3.05, 3.63) is 64.7 Å². The van der Waals surface area contributed by atoms with Gasteiger partial charge in [0.05, 0.1) is 0 Å². The molecule has 4 rings (SSSR count). The molecule has 1 saturated heterocycles. The molecule has 0 N–H and O–H groups in total. The van der Waals surface area contributed by atoms with Crippen LogP contribution >= 0.6 is 11.6 Å². The molecule has 0 bridgehead atoms. The van der Waals surface area contributed by atoms with Crippen molar-refractivity contribution in [1.82, 2.24) is 9.80 Å². The highest BCUT2D eigenvalue weighted by molar-refractivity contribution is 6.30. The van der Waals surface area contributed by atoms with Gasteiger partial charge in [-0.3, -0.25) is 9.69 Å². The van der Waals surface area contributed by atoms with Gasteiger partial charge in [-0.05, 0) is 41.5 Å². The summed E-state index contributed by atoms with van der Waals surface area (Å²) in [6, 6.07) is 13.5. The van der Waals surface area contributed by atoms with Gasteiger partial charge in [0.15, 0.2) is 11.5 Å². The van der Waals surface area contributed by atoms with E-state index in [4.69, 9.17) is 21.1 Å². The van der Waals surface area contributed by atoms with Crippen molar-refractivity contribution in [3.8, 4) is 11.5 Å². The van der Waals surface area contributed by atoms with E-state index in [1.165, 1.54) is 5.56 Å². The zero-order valence-corrected chi connectivity index (χ0v) is 15.7. The minimum Gasteiger partial charge on any atom is -0.454 e. The van der Waals surface area contributed by atoms with E-state index < -0.39 is 0 Å². The van der Waals surface area contributed by atoms with Gasteiger partial charge in [-0.15, -0.1) is 0 Å². The fourth-order valence-electron chi connectivity index (χ4n) is 3.27. The van der Waals surface area contributed by atoms with Gasteiger partial charge in [0.25, 0.3) is 0 Å². The third kappa shape index (κ3) is 4.43. The second-order valence-electron chi connectivity index (χ2n) is 6.67. The average molecular weight is 385 g/mol. The highest BCUT2D eigenvalue weighted by atomic mass is 35.5. The third-order valence-electron chi connectivity index (χ3n) is 4.82. The Bertz CT molecular complexity index is 843. The molecule has 0 saturated carbocycles. The van der Waals surface area contributed by atoms with E-state index in [0.29, 0.717) is 11.8 Å². The number of rotatable bonds is 4. The Morgan fingerprint density at radius 1 is 1.00 bits per heavy atom. The van der Waals surface area contributed by atoms with Crippen molar-refractivity contribution < 1.29 is 14.3 Å². The molecule has 0 atom stereocenters. The number of amides is 1. The van der Waals surface area contributed by atoms with Crippen molar-refractivity contribution in [3.63, 3.8) is 0 Å². The van der Waals surface area contributed by atoms with E-state index in [-0.39, 0.29) is 5.91 Å². The lowest BCUT2D eigenvalue weighted by atomic mass is 10.1. The van der Waals surface area contributed by atoms with Crippen molar-refractivity contribution in [2.45, 2.75) is 6.54 Å². The van der Waals surface area contributed by atoms with Gasteiger partial charge in [0.2, 0.25) is 12.7 Å². The number of nitrogens with zero attached hydrogens (tertiary/aromatic N) is 2. The van der Waals surface area contributed by atoms with Crippen LogP contribution in [0.5, 0.6) is 11.5 Å². The molecule has 2 heterocycles. The van der Waals surface area contributed by atoms with Gasteiger partial charge in [-0.25, -0.2) is 0 Å². The topological polar surface area (TPSA) is 42.0 Å². The molecule has 27 heavy (non-hydrogen) atoms. The summed E-state index contributed by atoms with van der Waals surface area (Å²) >= 11 is 5.88. The van der Waals surface area contributed by atoms with Gasteiger partial charge < -0.3 is 14.4 Å². The average Bonchev–Trinajstić information content (AvgIpc) is 3.16. The van der Waals surface area contributed by atoms with Crippen LogP contribution in [0.1, 0.15) is 11.1 Å². The number of carbonyl (C=O) groups excluding carboxylic acids is 1. The lowest BCUT2D eigenvalue weighted by Crippen LogP contribution is -2.47. The molecule has 0 unspecified atom stereocenters. The molecule has 0 radical (unpaired) electrons. The van der Waals surface area contributed by atoms with Crippen LogP contribution in [0, 0.1) is 0 Å². The van der Waals surface area contributed by atoms with Crippen molar-refractivity contribution in [2.24, 2.45) is 0 Å². The number of hydrogen-bond donors (Lipinski definition) is 0. The van der Waals surface area contributed by atoms with Gasteiger partial charge in [-0.2, -0.15) is 0 Å². The molecule has 2 aliphatic heterocycles. The summed E-state index contributed by atoms with van der Waals surface area (Å²) in [6.45, 7) is 4.31. The molecule has 1 amide bonds. The standard InChI is InChI=1S/C21H21ClN2O3/c22-18-5-1-16(2-6-18)4-8-21(25)24-11-9-23(10-12-24)14-17-3-7-19-20(13-17)27-15-26-19/h1-8,13H,9-12,14-15H2/b8-4+. The number of fused-ring (bicyclic) bond motifs is 1. The second-order valence-corrected chi connectivity index (χ2v) is 7.11. The van der Waals surface area contributed by atoms with E-state index in [1.54, 1.807) is 6.08 Å². The molecule has 2 aromatic rings. The second kappa shape index (κ2) is 8.03. The first kappa shape index (κ1) is 17.9. The Labute approximate surface area is 163 Å². The SMILES string of the molecule is O=C(/C=C/c1ccc(Cl)cc1)N1CCN(Cc2ccc3c(c2)OCO3)CC1. The maximum atomic E-state index is 12.4. The first-order valence-electron chi connectivity index (χ1n) is 9.01. The van der Waals surface area contributed by atoms with Crippen molar-refractivity contribution in [2.75, 3.05) is 33.0 Å². The van der Waals surface area contributed by atoms with E-state index >= 15 is 0 Å². The van der Waals surface area contributed by atoms with Crippen LogP contribution < -0.4 is 9.47 Å². The van der Waals surface area contributed by atoms with Crippen LogP contribution in [0.4, 0.5) is 0 Å². The number of hydrogen-bond acceptors (Lipinski definition) is 4. The van der Waals surface area contributed by atoms with Gasteiger partial charge in [0, 0.05) is 43.8 Å². The lowest BCUT2D eigenvalue weighted by molar-refractivity contribution is -0.127. The zero-order chi connectivity index (χ0) is 18.6. The smallest absolute Gasteiger partial charge is 0.246 e. The third-order valence-corrected chi connectivity index (χ3v) is 5.07. The Balaban J connectivity index is 1.28. The van der Waals surface area contributed by atoms with Crippen LogP contribution in [0.15, 0.2) is 48.5 Å². The van der Waals surface area contributed by atoms with Crippen LogP contribution in [0.25, 0.3) is 6.08 Å². The lowest BCUT2D eigenvalue weighted by Gasteiger charge is -2.34. The van der Waals surface area contributed by atoms with E-state index in [2.05, 4.69) is 11.0 Å². The molecule has 0 aromatic heterocycles. The molecule has 1 fully saturated rings. The van der Waals surface area contributed by atoms with E-state index in [9.17, 15) is 4.79 Å². The first-order chi connectivity index (χ1) is 13.2. The predicted octanol–water partition coefficient (Wildman–Crippen LogP) is 3.43. The number of halogens is 1. The van der Waals surface area contributed by atoms with Crippen LogP contribution in [0.2, 0.25) is 5.02 Å². The number of ether oxygens (including phenoxy) is 2. The zero-order valence-electron chi connectivity index (χ0n) is 14.9. The number of benzene rings is 2. The summed E-state index contributed by atoms with van der Waals surface area (Å²) in [4.78, 5) is 16.6. The minimum absolute atomic E-state index is 0.0488. The van der Waals surface area contributed by atoms with Crippen molar-refractivity contribution in [1.29, 1.82) is 0 Å². The van der Waals surface area contributed by atoms with E-state index in [1.807, 2.05) is 47.4 Å². The number of piperazine rings is 1. The molecule has 2 aliphatic rings. The van der Waals surface area contributed by atoms with Gasteiger partial charge in [-0.1, -0.05) is 29.8 Å². The van der Waals surface area contributed by atoms with Gasteiger partial charge >= 0.3 is 0 Å². The largest absolute Gasteiger partial charge is 0.454 e. The molecule has 0 spiro atoms. The quantitative estimate of drug-likeness (QED) is 0.757. The van der Waals surface area contributed by atoms with Crippen LogP contribution in [0.3, 0.4) is 0 Å². The van der Waals surface area contributed by atoms with Crippen LogP contribution in [-0.2, 0) is 11.3 Å². The summed E-state index contributed by atoms with van der Waals surface area (Å²) in [5.41, 5.74) is 2.16. The maximum Gasteiger partial charge on any atom is 0.246 e. The number of carbonyl (C=O) groups is 1. The summed E-state index contributed by atoms with van der Waals surface area (Å²) in [7, 11) is 0. The summed E-state index contributed by atoms with van der Waals surface area (Å²) in [5, 5.41) is 0.692. The Morgan fingerprint density at radius 3 is 2.52 bits per heavy atom. The molecule has 140 valence electrons. The normalized spacial score (nSPS) is 16.9. The highest BCUT2D eigenvalue weighted by Crippen LogP contribution is 2.32. The Kier molecular flexibility index (Phi) is 5.32. The summed E-state index contributed by atoms with van der Waals surface area (Å²) in [5.74, 6) is 1.67. The predicted molar refractivity (Wildman–Crippen MR) is 105 cm³/mol. The molecular weight excluding hydrogens is 364 g/mol. The molecule has 0 aliphatic carbocycles. The highest BCUT2D eigenvalue weighted by Gasteiger charge is 2.20. The Morgan fingerprint density at radius 2 is 1.74 bits per heavy atom. The Hall–Kier alpha value is -2.50. The molecule has 2 aromatic carbocycles. The van der Waals surface area contributed by atoms with Crippen LogP contribution in [-0.4, -0.2) is 48.7 Å². The molecule has 5 nitrogen and oxygen atoms in total. The maximum absolute atomic E-state index is 12.4. The fourth-order valence-corrected chi connectivity index (χ4v) is 3.40. The van der Waals surface area contributed by atoms with E-state index in [0.717, 1.165) is 49.8 Å². The van der Waals surface area contributed by atoms with Crippen molar-refractivity contribution >= 4 is 23.6 Å². The first-order valence-corrected chi connectivity index (χ1v) is 9.39. The molecule has 6 heteroatoms. The minimum atomic E-state index is 0.0488. The monoisotopic (exact) mass is 384 g/mol. The summed E-state index contributed by atoms with van der Waals surface area (Å²) in [6.07, 6.45) is 3.47. The fraction of sp³-hybridized carbons (Fsp3) is 0.286. The van der Waals surface area contributed by atoms with Gasteiger partial charge in [0.1, 0.15) is 0 Å².